The number of carbonyl (C=O) groups excluding carboxylic acids is 1. The molecule has 0 saturated carbocycles. The Morgan fingerprint density at radius 3 is 2.86 bits per heavy atom. The van der Waals surface area contributed by atoms with Gasteiger partial charge in [0.25, 0.3) is 0 Å². The summed E-state index contributed by atoms with van der Waals surface area (Å²) in [5.74, 6) is -0.0177. The number of nitrogens with zero attached hydrogens (tertiary/aromatic N) is 2. The number of likely N-dealkylation sites (tertiary alicyclic amines) is 1. The van der Waals surface area contributed by atoms with Gasteiger partial charge in [-0.3, -0.25) is 4.79 Å². The zero-order valence-electron chi connectivity index (χ0n) is 12.6. The molecule has 2 rings (SSSR count). The molecular formula is C15H22N4OS. The summed E-state index contributed by atoms with van der Waals surface area (Å²) < 4.78 is 0. The number of hydrogen-bond acceptors (Lipinski definition) is 5. The predicted octanol–water partition coefficient (Wildman–Crippen LogP) is 2.02. The number of amides is 1. The number of nitriles is 1. The van der Waals surface area contributed by atoms with Gasteiger partial charge in [-0.2, -0.15) is 5.26 Å². The number of anilines is 1. The van der Waals surface area contributed by atoms with Crippen LogP contribution in [0.25, 0.3) is 0 Å². The molecule has 1 saturated heterocycles. The molecule has 0 spiro atoms. The topological polar surface area (TPSA) is 68.2 Å². The molecule has 5 nitrogen and oxygen atoms in total. The van der Waals surface area contributed by atoms with E-state index in [0.29, 0.717) is 17.0 Å². The Morgan fingerprint density at radius 2 is 2.24 bits per heavy atom. The summed E-state index contributed by atoms with van der Waals surface area (Å²) in [7, 11) is 2.01. The number of piperidine rings is 1. The average Bonchev–Trinajstić information content (AvgIpc) is 2.94. The molecule has 1 fully saturated rings. The highest BCUT2D eigenvalue weighted by Gasteiger charge is 2.28. The van der Waals surface area contributed by atoms with Crippen molar-refractivity contribution in [3.05, 3.63) is 17.0 Å². The smallest absolute Gasteiger partial charge is 0.226 e. The first-order valence-corrected chi connectivity index (χ1v) is 8.13. The summed E-state index contributed by atoms with van der Waals surface area (Å²) in [6.07, 6.45) is 2.68. The summed E-state index contributed by atoms with van der Waals surface area (Å²) in [5.41, 5.74) is 0.772. The quantitative estimate of drug-likeness (QED) is 0.873. The van der Waals surface area contributed by atoms with Gasteiger partial charge in [0.2, 0.25) is 5.91 Å². The van der Waals surface area contributed by atoms with Crippen LogP contribution in [-0.2, 0) is 4.79 Å². The molecule has 1 aromatic rings. The van der Waals surface area contributed by atoms with Crippen LogP contribution in [0.3, 0.4) is 0 Å². The molecular weight excluding hydrogens is 284 g/mol. The van der Waals surface area contributed by atoms with E-state index in [9.17, 15) is 4.79 Å². The molecule has 0 radical (unpaired) electrons. The Bertz CT molecular complexity index is 526. The van der Waals surface area contributed by atoms with Gasteiger partial charge in [-0.25, -0.2) is 0 Å². The molecule has 0 atom stereocenters. The van der Waals surface area contributed by atoms with E-state index in [1.54, 1.807) is 6.07 Å². The lowest BCUT2D eigenvalue weighted by Crippen LogP contribution is -2.50. The first-order chi connectivity index (χ1) is 10.1. The first kappa shape index (κ1) is 16.0. The van der Waals surface area contributed by atoms with E-state index < -0.39 is 0 Å². The molecule has 1 aliphatic heterocycles. The SMILES string of the molecule is CNC1(C)CCN(CCC(=O)Nc2sccc2C#N)CC1. The molecule has 0 aromatic carbocycles. The van der Waals surface area contributed by atoms with Crippen molar-refractivity contribution in [2.45, 2.75) is 31.7 Å². The largest absolute Gasteiger partial charge is 0.317 e. The lowest BCUT2D eigenvalue weighted by Gasteiger charge is -2.39. The van der Waals surface area contributed by atoms with Crippen molar-refractivity contribution >= 4 is 22.2 Å². The van der Waals surface area contributed by atoms with Crippen LogP contribution in [0.5, 0.6) is 0 Å². The molecule has 1 aromatic heterocycles. The minimum Gasteiger partial charge on any atom is -0.317 e. The van der Waals surface area contributed by atoms with E-state index in [1.807, 2.05) is 12.4 Å². The predicted molar refractivity (Wildman–Crippen MR) is 85.4 cm³/mol. The minimum atomic E-state index is -0.0177. The van der Waals surface area contributed by atoms with Crippen molar-refractivity contribution in [2.24, 2.45) is 0 Å². The van der Waals surface area contributed by atoms with Gasteiger partial charge in [-0.1, -0.05) is 0 Å². The average molecular weight is 306 g/mol. The normalized spacial score (nSPS) is 18.1. The van der Waals surface area contributed by atoms with Gasteiger partial charge >= 0.3 is 0 Å². The fourth-order valence-electron chi connectivity index (χ4n) is 2.46. The highest BCUT2D eigenvalue weighted by Crippen LogP contribution is 2.23. The van der Waals surface area contributed by atoms with E-state index in [1.165, 1.54) is 11.3 Å². The lowest BCUT2D eigenvalue weighted by molar-refractivity contribution is -0.116. The zero-order chi connectivity index (χ0) is 15.3. The van der Waals surface area contributed by atoms with E-state index >= 15 is 0 Å². The second-order valence-electron chi connectivity index (χ2n) is 5.73. The third-order valence-corrected chi connectivity index (χ3v) is 5.09. The molecule has 2 N–H and O–H groups in total. The molecule has 0 unspecified atom stereocenters. The molecule has 114 valence electrons. The van der Waals surface area contributed by atoms with Gasteiger partial charge in [0.05, 0.1) is 5.56 Å². The van der Waals surface area contributed by atoms with Crippen LogP contribution in [0.1, 0.15) is 31.7 Å². The second-order valence-corrected chi connectivity index (χ2v) is 6.64. The van der Waals surface area contributed by atoms with Crippen LogP contribution in [-0.4, -0.2) is 43.0 Å². The molecule has 1 amide bonds. The summed E-state index contributed by atoms with van der Waals surface area (Å²) in [6, 6.07) is 3.81. The first-order valence-electron chi connectivity index (χ1n) is 7.25. The molecule has 0 bridgehead atoms. The highest BCUT2D eigenvalue weighted by atomic mass is 32.1. The van der Waals surface area contributed by atoms with Gasteiger partial charge in [-0.05, 0) is 51.3 Å². The number of nitrogens with one attached hydrogen (secondary N) is 2. The summed E-state index contributed by atoms with van der Waals surface area (Å²) >= 11 is 1.39. The summed E-state index contributed by atoms with van der Waals surface area (Å²) in [5, 5.41) is 17.6. The molecule has 2 heterocycles. The molecule has 6 heteroatoms. The Labute approximate surface area is 129 Å². The minimum absolute atomic E-state index is 0.0177. The Kier molecular flexibility index (Phi) is 5.34. The fraction of sp³-hybridized carbons (Fsp3) is 0.600. The van der Waals surface area contributed by atoms with Crippen LogP contribution < -0.4 is 10.6 Å². The van der Waals surface area contributed by atoms with Crippen LogP contribution in [0.2, 0.25) is 0 Å². The number of thiophene rings is 1. The van der Waals surface area contributed by atoms with Gasteiger partial charge in [0.15, 0.2) is 0 Å². The van der Waals surface area contributed by atoms with Gasteiger partial charge < -0.3 is 15.5 Å². The lowest BCUT2D eigenvalue weighted by atomic mass is 9.90. The summed E-state index contributed by atoms with van der Waals surface area (Å²) in [6.45, 7) is 5.07. The van der Waals surface area contributed by atoms with Gasteiger partial charge in [0, 0.05) is 18.5 Å². The zero-order valence-corrected chi connectivity index (χ0v) is 13.4. The number of carbonyl (C=O) groups is 1. The Morgan fingerprint density at radius 1 is 1.52 bits per heavy atom. The van der Waals surface area contributed by atoms with Crippen molar-refractivity contribution in [3.8, 4) is 6.07 Å². The third kappa shape index (κ3) is 4.27. The Hall–Kier alpha value is -1.42. The molecule has 1 aliphatic rings. The molecule has 0 aliphatic carbocycles. The standard InChI is InChI=1S/C15H22N4OS/c1-15(17-2)5-8-19(9-6-15)7-3-13(20)18-14-12(11-16)4-10-21-14/h4,10,17H,3,5-9H2,1-2H3,(H,18,20). The van der Waals surface area contributed by atoms with Crippen molar-refractivity contribution in [3.63, 3.8) is 0 Å². The number of hydrogen-bond donors (Lipinski definition) is 2. The third-order valence-electron chi connectivity index (χ3n) is 4.26. The van der Waals surface area contributed by atoms with Crippen LogP contribution in [0, 0.1) is 11.3 Å². The van der Waals surface area contributed by atoms with Gasteiger partial charge in [-0.15, -0.1) is 11.3 Å². The van der Waals surface area contributed by atoms with Crippen LogP contribution in [0.15, 0.2) is 11.4 Å². The molecule has 21 heavy (non-hydrogen) atoms. The van der Waals surface area contributed by atoms with Crippen molar-refractivity contribution in [1.82, 2.24) is 10.2 Å². The van der Waals surface area contributed by atoms with E-state index in [-0.39, 0.29) is 11.4 Å². The fourth-order valence-corrected chi connectivity index (χ4v) is 3.22. The monoisotopic (exact) mass is 306 g/mol. The maximum absolute atomic E-state index is 12.0. The van der Waals surface area contributed by atoms with E-state index in [2.05, 4.69) is 28.5 Å². The van der Waals surface area contributed by atoms with Crippen molar-refractivity contribution in [2.75, 3.05) is 32.0 Å². The van der Waals surface area contributed by atoms with Crippen molar-refractivity contribution in [1.29, 1.82) is 5.26 Å². The Balaban J connectivity index is 1.74. The van der Waals surface area contributed by atoms with Crippen molar-refractivity contribution < 1.29 is 4.79 Å². The van der Waals surface area contributed by atoms with Crippen LogP contribution >= 0.6 is 11.3 Å². The second kappa shape index (κ2) is 7.03. The highest BCUT2D eigenvalue weighted by molar-refractivity contribution is 7.14. The van der Waals surface area contributed by atoms with E-state index in [4.69, 9.17) is 5.26 Å². The van der Waals surface area contributed by atoms with Gasteiger partial charge in [0.1, 0.15) is 11.1 Å². The van der Waals surface area contributed by atoms with E-state index in [0.717, 1.165) is 32.5 Å². The maximum Gasteiger partial charge on any atom is 0.226 e. The number of rotatable bonds is 5. The van der Waals surface area contributed by atoms with Crippen LogP contribution in [0.4, 0.5) is 5.00 Å². The maximum atomic E-state index is 12.0. The summed E-state index contributed by atoms with van der Waals surface area (Å²) in [4.78, 5) is 14.3.